The Balaban J connectivity index is 2.23. The fourth-order valence-electron chi connectivity index (χ4n) is 1.95. The van der Waals surface area contributed by atoms with Crippen LogP contribution in [0, 0.1) is 21.4 Å². The lowest BCUT2D eigenvalue weighted by molar-refractivity contribution is -0.385. The fourth-order valence-corrected chi connectivity index (χ4v) is 1.95. The van der Waals surface area contributed by atoms with Crippen LogP contribution in [0.1, 0.15) is 24.9 Å². The van der Waals surface area contributed by atoms with E-state index in [1.165, 1.54) is 21.8 Å². The fraction of sp³-hybridized carbons (Fsp3) is 0.333. The number of rotatable bonds is 5. The van der Waals surface area contributed by atoms with Crippen molar-refractivity contribution in [3.8, 4) is 6.07 Å². The number of aryl methyl sites for hydroxylation is 1. The number of carbonyl (C=O) groups excluding carboxylic acids is 1. The Hall–Kier alpha value is -3.22. The first-order chi connectivity index (χ1) is 10.5. The van der Waals surface area contributed by atoms with Crippen molar-refractivity contribution in [3.05, 3.63) is 34.3 Å². The molecule has 0 radical (unpaired) electrons. The van der Waals surface area contributed by atoms with Gasteiger partial charge in [-0.2, -0.15) is 15.5 Å². The lowest BCUT2D eigenvalue weighted by Crippen LogP contribution is -2.27. The van der Waals surface area contributed by atoms with Gasteiger partial charge in [-0.15, -0.1) is 0 Å². The molecule has 1 amide bonds. The molecule has 2 aromatic rings. The summed E-state index contributed by atoms with van der Waals surface area (Å²) in [4.78, 5) is 22.5. The van der Waals surface area contributed by atoms with E-state index in [2.05, 4.69) is 15.5 Å². The third kappa shape index (κ3) is 2.78. The van der Waals surface area contributed by atoms with Crippen molar-refractivity contribution < 1.29 is 9.72 Å². The Labute approximate surface area is 125 Å². The molecule has 1 unspecified atom stereocenters. The van der Waals surface area contributed by atoms with E-state index in [0.717, 1.165) is 6.20 Å². The SMILES string of the molecule is CCC(C(=O)Nc1c(C#N)cnn1C)n1cc([N+](=O)[O-])cn1. The highest BCUT2D eigenvalue weighted by atomic mass is 16.6. The van der Waals surface area contributed by atoms with Crippen molar-refractivity contribution in [2.45, 2.75) is 19.4 Å². The van der Waals surface area contributed by atoms with Gasteiger partial charge in [0.2, 0.25) is 5.91 Å². The zero-order chi connectivity index (χ0) is 16.3. The average molecular weight is 303 g/mol. The van der Waals surface area contributed by atoms with Crippen LogP contribution in [0.2, 0.25) is 0 Å². The highest BCUT2D eigenvalue weighted by Gasteiger charge is 2.23. The quantitative estimate of drug-likeness (QED) is 0.647. The van der Waals surface area contributed by atoms with Crippen LogP contribution in [0.4, 0.5) is 11.5 Å². The zero-order valence-corrected chi connectivity index (χ0v) is 11.9. The number of carbonyl (C=O) groups is 1. The van der Waals surface area contributed by atoms with Crippen LogP contribution in [-0.2, 0) is 11.8 Å². The van der Waals surface area contributed by atoms with Gasteiger partial charge in [-0.05, 0) is 6.42 Å². The maximum Gasteiger partial charge on any atom is 0.307 e. The minimum Gasteiger partial charge on any atom is -0.308 e. The summed E-state index contributed by atoms with van der Waals surface area (Å²) in [7, 11) is 1.59. The normalized spacial score (nSPS) is 11.7. The zero-order valence-electron chi connectivity index (χ0n) is 11.9. The number of nitriles is 1. The van der Waals surface area contributed by atoms with Gasteiger partial charge < -0.3 is 5.32 Å². The standard InChI is InChI=1S/C12H13N7O3/c1-3-10(18-7-9(6-15-18)19(21)22)12(20)16-11-8(4-13)5-14-17(11)2/h5-7,10H,3H2,1-2H3,(H,16,20). The number of nitrogens with one attached hydrogen (secondary N) is 1. The van der Waals surface area contributed by atoms with Crippen molar-refractivity contribution in [1.29, 1.82) is 5.26 Å². The number of amides is 1. The second kappa shape index (κ2) is 6.04. The molecule has 0 saturated heterocycles. The minimum atomic E-state index is -0.727. The van der Waals surface area contributed by atoms with Crippen molar-refractivity contribution in [2.75, 3.05) is 5.32 Å². The Morgan fingerprint density at radius 3 is 2.82 bits per heavy atom. The smallest absolute Gasteiger partial charge is 0.307 e. The van der Waals surface area contributed by atoms with Gasteiger partial charge in [-0.1, -0.05) is 6.92 Å². The summed E-state index contributed by atoms with van der Waals surface area (Å²) in [6, 6.07) is 1.20. The molecular formula is C12H13N7O3. The maximum absolute atomic E-state index is 12.3. The third-order valence-electron chi connectivity index (χ3n) is 3.11. The Kier molecular flexibility index (Phi) is 4.17. The van der Waals surface area contributed by atoms with Crippen molar-refractivity contribution in [1.82, 2.24) is 19.6 Å². The van der Waals surface area contributed by atoms with E-state index >= 15 is 0 Å². The Bertz CT molecular complexity index is 755. The number of nitrogens with zero attached hydrogens (tertiary/aromatic N) is 6. The highest BCUT2D eigenvalue weighted by Crippen LogP contribution is 2.19. The second-order valence-corrected chi connectivity index (χ2v) is 4.49. The summed E-state index contributed by atoms with van der Waals surface area (Å²) in [5, 5.41) is 30.0. The largest absolute Gasteiger partial charge is 0.308 e. The van der Waals surface area contributed by atoms with E-state index in [0.29, 0.717) is 6.42 Å². The van der Waals surface area contributed by atoms with Crippen molar-refractivity contribution >= 4 is 17.4 Å². The average Bonchev–Trinajstić information content (AvgIpc) is 3.08. The van der Waals surface area contributed by atoms with Crippen LogP contribution in [0.3, 0.4) is 0 Å². The van der Waals surface area contributed by atoms with Crippen LogP contribution in [0.5, 0.6) is 0 Å². The summed E-state index contributed by atoms with van der Waals surface area (Å²) in [6.07, 6.45) is 4.00. The number of hydrogen-bond donors (Lipinski definition) is 1. The van der Waals surface area contributed by atoms with E-state index in [1.807, 2.05) is 6.07 Å². The van der Waals surface area contributed by atoms with Gasteiger partial charge in [-0.3, -0.25) is 24.3 Å². The van der Waals surface area contributed by atoms with Gasteiger partial charge in [0, 0.05) is 7.05 Å². The number of nitro groups is 1. The van der Waals surface area contributed by atoms with E-state index in [1.54, 1.807) is 14.0 Å². The van der Waals surface area contributed by atoms with Crippen LogP contribution < -0.4 is 5.32 Å². The molecule has 22 heavy (non-hydrogen) atoms. The van der Waals surface area contributed by atoms with Crippen LogP contribution >= 0.6 is 0 Å². The van der Waals surface area contributed by atoms with Crippen LogP contribution in [0.15, 0.2) is 18.6 Å². The van der Waals surface area contributed by atoms with Gasteiger partial charge in [-0.25, -0.2) is 0 Å². The Morgan fingerprint density at radius 1 is 1.55 bits per heavy atom. The molecule has 0 fully saturated rings. The lowest BCUT2D eigenvalue weighted by atomic mass is 10.2. The highest BCUT2D eigenvalue weighted by molar-refractivity contribution is 5.93. The number of aromatic nitrogens is 4. The molecule has 0 spiro atoms. The number of hydrogen-bond acceptors (Lipinski definition) is 6. The molecular weight excluding hydrogens is 290 g/mol. The summed E-state index contributed by atoms with van der Waals surface area (Å²) >= 11 is 0. The molecule has 1 N–H and O–H groups in total. The predicted molar refractivity (Wildman–Crippen MR) is 74.8 cm³/mol. The van der Waals surface area contributed by atoms with E-state index < -0.39 is 16.9 Å². The van der Waals surface area contributed by atoms with Gasteiger partial charge in [0.25, 0.3) is 0 Å². The Morgan fingerprint density at radius 2 is 2.27 bits per heavy atom. The molecule has 0 bridgehead atoms. The maximum atomic E-state index is 12.3. The lowest BCUT2D eigenvalue weighted by Gasteiger charge is -2.15. The molecule has 10 heteroatoms. The first-order valence-corrected chi connectivity index (χ1v) is 6.39. The first-order valence-electron chi connectivity index (χ1n) is 6.39. The van der Waals surface area contributed by atoms with Gasteiger partial charge in [0.05, 0.1) is 11.1 Å². The van der Waals surface area contributed by atoms with Crippen molar-refractivity contribution in [2.24, 2.45) is 7.05 Å². The molecule has 114 valence electrons. The molecule has 0 aliphatic rings. The topological polar surface area (TPSA) is 132 Å². The van der Waals surface area contributed by atoms with Gasteiger partial charge >= 0.3 is 5.69 Å². The molecule has 0 aliphatic heterocycles. The molecule has 2 rings (SSSR count). The minimum absolute atomic E-state index is 0.190. The van der Waals surface area contributed by atoms with Gasteiger partial charge in [0.15, 0.2) is 0 Å². The second-order valence-electron chi connectivity index (χ2n) is 4.49. The predicted octanol–water partition coefficient (Wildman–Crippen LogP) is 0.986. The van der Waals surface area contributed by atoms with E-state index in [4.69, 9.17) is 5.26 Å². The molecule has 10 nitrogen and oxygen atoms in total. The first kappa shape index (κ1) is 15.2. The van der Waals surface area contributed by atoms with Gasteiger partial charge in [0.1, 0.15) is 35.9 Å². The summed E-state index contributed by atoms with van der Waals surface area (Å²) in [5.41, 5.74) is 0.0432. The van der Waals surface area contributed by atoms with Crippen molar-refractivity contribution in [3.63, 3.8) is 0 Å². The molecule has 1 atom stereocenters. The monoisotopic (exact) mass is 303 g/mol. The van der Waals surface area contributed by atoms with E-state index in [-0.39, 0.29) is 17.1 Å². The molecule has 2 aromatic heterocycles. The molecule has 0 aliphatic carbocycles. The van der Waals surface area contributed by atoms with Crippen LogP contribution in [-0.4, -0.2) is 30.4 Å². The third-order valence-corrected chi connectivity index (χ3v) is 3.11. The summed E-state index contributed by atoms with van der Waals surface area (Å²) in [5.74, 6) is -0.159. The molecule has 0 aromatic carbocycles. The molecule has 0 saturated carbocycles. The summed E-state index contributed by atoms with van der Waals surface area (Å²) < 4.78 is 2.60. The molecule has 2 heterocycles. The van der Waals surface area contributed by atoms with Crippen LogP contribution in [0.25, 0.3) is 0 Å². The number of anilines is 1. The van der Waals surface area contributed by atoms with E-state index in [9.17, 15) is 14.9 Å². The summed E-state index contributed by atoms with van der Waals surface area (Å²) in [6.45, 7) is 1.76.